The Morgan fingerprint density at radius 2 is 1.00 bits per heavy atom. The molecule has 0 aliphatic rings. The van der Waals surface area contributed by atoms with Gasteiger partial charge in [0.05, 0.1) is 0 Å². The first-order valence-corrected chi connectivity index (χ1v) is 5.49. The Morgan fingerprint density at radius 3 is 1.17 bits per heavy atom. The minimum atomic E-state index is 0. The van der Waals surface area contributed by atoms with Gasteiger partial charge in [0.15, 0.2) is 0 Å². The van der Waals surface area contributed by atoms with E-state index in [9.17, 15) is 0 Å². The summed E-state index contributed by atoms with van der Waals surface area (Å²) in [5.41, 5.74) is 7.57. The van der Waals surface area contributed by atoms with Gasteiger partial charge in [0.25, 0.3) is 0 Å². The fourth-order valence-electron chi connectivity index (χ4n) is 1.08. The SMILES string of the molecule is [NH-]c1ccccc1.[Zr+3].c1cc[cH-]c1.c1cc[cH-]c1. The second-order valence-corrected chi connectivity index (χ2v) is 3.29. The first-order valence-electron chi connectivity index (χ1n) is 5.49. The molecule has 89 valence electrons. The summed E-state index contributed by atoms with van der Waals surface area (Å²) in [6.07, 6.45) is 0. The summed E-state index contributed by atoms with van der Waals surface area (Å²) in [6, 6.07) is 29.1. The maximum Gasteiger partial charge on any atom is 3.00 e. The molecule has 0 atom stereocenters. The van der Waals surface area contributed by atoms with Gasteiger partial charge in [-0.2, -0.15) is 36.4 Å². The summed E-state index contributed by atoms with van der Waals surface area (Å²) in [7, 11) is 0. The predicted octanol–water partition coefficient (Wildman–Crippen LogP) is 5.18. The van der Waals surface area contributed by atoms with E-state index >= 15 is 0 Å². The molecule has 0 heterocycles. The van der Waals surface area contributed by atoms with Gasteiger partial charge in [0, 0.05) is 0 Å². The second-order valence-electron chi connectivity index (χ2n) is 3.29. The average molecular weight is 314 g/mol. The van der Waals surface area contributed by atoms with Gasteiger partial charge in [-0.05, 0) is 0 Å². The molecule has 2 heteroatoms. The Balaban J connectivity index is 0.000000239. The minimum absolute atomic E-state index is 0. The van der Waals surface area contributed by atoms with Crippen molar-refractivity contribution in [3.8, 4) is 0 Å². The van der Waals surface area contributed by atoms with E-state index in [0.29, 0.717) is 5.69 Å². The van der Waals surface area contributed by atoms with Crippen LogP contribution in [0.1, 0.15) is 0 Å². The van der Waals surface area contributed by atoms with E-state index < -0.39 is 0 Å². The Bertz CT molecular complexity index is 368. The third-order valence-electron chi connectivity index (χ3n) is 1.88. The van der Waals surface area contributed by atoms with Crippen molar-refractivity contribution in [2.24, 2.45) is 0 Å². The zero-order valence-electron chi connectivity index (χ0n) is 10.2. The Hall–Kier alpha value is -1.40. The molecule has 1 radical (unpaired) electrons. The molecule has 0 aliphatic heterocycles. The van der Waals surface area contributed by atoms with Gasteiger partial charge in [-0.25, -0.2) is 24.3 Å². The summed E-state index contributed by atoms with van der Waals surface area (Å²) in [5, 5.41) is 0. The van der Waals surface area contributed by atoms with Gasteiger partial charge < -0.3 is 5.73 Å². The van der Waals surface area contributed by atoms with E-state index in [1.807, 2.05) is 78.9 Å². The molecule has 1 N–H and O–H groups in total. The smallest absolute Gasteiger partial charge is 0.699 e. The molecule has 0 amide bonds. The second kappa shape index (κ2) is 12.1. The first kappa shape index (κ1) is 16.6. The maximum absolute atomic E-state index is 7.00. The number of benzene rings is 1. The van der Waals surface area contributed by atoms with Gasteiger partial charge in [0.1, 0.15) is 0 Å². The first-order chi connectivity index (χ1) is 8.39. The summed E-state index contributed by atoms with van der Waals surface area (Å²) >= 11 is 0. The molecule has 1 nitrogen and oxygen atoms in total. The van der Waals surface area contributed by atoms with Crippen molar-refractivity contribution in [1.82, 2.24) is 0 Å². The standard InChI is InChI=1S/C6H6N.2C5H5.Zr/c7-6-4-2-1-3-5-6;2*1-2-4-5-3-1;/h1-5,7H;2*1-5H;/q3*-1;+3. The molecule has 0 aromatic heterocycles. The predicted molar refractivity (Wildman–Crippen MR) is 74.5 cm³/mol. The van der Waals surface area contributed by atoms with Crippen molar-refractivity contribution >= 4 is 5.69 Å². The van der Waals surface area contributed by atoms with Crippen LogP contribution in [0.5, 0.6) is 0 Å². The molecule has 3 aromatic rings. The third kappa shape index (κ3) is 9.80. The maximum atomic E-state index is 7.00. The number of hydrogen-bond acceptors (Lipinski definition) is 0. The monoisotopic (exact) mass is 312 g/mol. The topological polar surface area (TPSA) is 23.8 Å². The minimum Gasteiger partial charge on any atom is -0.699 e. The van der Waals surface area contributed by atoms with Crippen LogP contribution < -0.4 is 0 Å². The van der Waals surface area contributed by atoms with E-state index in [1.165, 1.54) is 0 Å². The summed E-state index contributed by atoms with van der Waals surface area (Å²) < 4.78 is 0. The van der Waals surface area contributed by atoms with E-state index in [-0.39, 0.29) is 26.2 Å². The Labute approximate surface area is 128 Å². The third-order valence-corrected chi connectivity index (χ3v) is 1.88. The van der Waals surface area contributed by atoms with E-state index in [4.69, 9.17) is 5.73 Å². The number of rotatable bonds is 0. The Morgan fingerprint density at radius 1 is 0.611 bits per heavy atom. The normalized spacial score (nSPS) is 7.78. The van der Waals surface area contributed by atoms with Gasteiger partial charge >= 0.3 is 26.2 Å². The van der Waals surface area contributed by atoms with Crippen molar-refractivity contribution < 1.29 is 26.2 Å². The fourth-order valence-corrected chi connectivity index (χ4v) is 1.08. The quantitative estimate of drug-likeness (QED) is 0.511. The largest absolute Gasteiger partial charge is 3.00 e. The van der Waals surface area contributed by atoms with Crippen LogP contribution in [0.4, 0.5) is 5.69 Å². The molecule has 0 saturated heterocycles. The van der Waals surface area contributed by atoms with Gasteiger partial charge in [0.2, 0.25) is 0 Å². The molecule has 18 heavy (non-hydrogen) atoms. The zero-order valence-corrected chi connectivity index (χ0v) is 12.6. The van der Waals surface area contributed by atoms with Gasteiger partial charge in [-0.1, -0.05) is 30.3 Å². The molecule has 0 fully saturated rings. The number of hydrogen-bond donors (Lipinski definition) is 0. The van der Waals surface area contributed by atoms with Crippen molar-refractivity contribution in [2.45, 2.75) is 0 Å². The van der Waals surface area contributed by atoms with E-state index in [0.717, 1.165) is 0 Å². The molecular weight excluding hydrogens is 297 g/mol. The Kier molecular flexibility index (Phi) is 11.1. The summed E-state index contributed by atoms with van der Waals surface area (Å²) in [6.45, 7) is 0. The molecule has 3 aromatic carbocycles. The van der Waals surface area contributed by atoms with Crippen molar-refractivity contribution in [1.29, 1.82) is 0 Å². The van der Waals surface area contributed by atoms with Crippen LogP contribution in [-0.4, -0.2) is 0 Å². The molecule has 0 unspecified atom stereocenters. The van der Waals surface area contributed by atoms with Crippen LogP contribution in [0.25, 0.3) is 5.73 Å². The van der Waals surface area contributed by atoms with Crippen LogP contribution in [0.15, 0.2) is 91.0 Å². The van der Waals surface area contributed by atoms with Crippen LogP contribution in [0.2, 0.25) is 0 Å². The van der Waals surface area contributed by atoms with Crippen LogP contribution >= 0.6 is 0 Å². The van der Waals surface area contributed by atoms with Crippen molar-refractivity contribution in [3.63, 3.8) is 0 Å². The van der Waals surface area contributed by atoms with Crippen LogP contribution in [-0.2, 0) is 26.2 Å². The van der Waals surface area contributed by atoms with Crippen LogP contribution in [0.3, 0.4) is 0 Å². The summed E-state index contributed by atoms with van der Waals surface area (Å²) in [4.78, 5) is 0. The fraction of sp³-hybridized carbons (Fsp3) is 0. The molecule has 0 aliphatic carbocycles. The number of nitrogens with one attached hydrogen (secondary N) is 1. The average Bonchev–Trinajstić information content (AvgIpc) is 3.09. The van der Waals surface area contributed by atoms with E-state index in [1.54, 1.807) is 12.1 Å². The molecule has 3 rings (SSSR count). The van der Waals surface area contributed by atoms with Gasteiger partial charge in [-0.3, -0.25) is 0 Å². The van der Waals surface area contributed by atoms with Gasteiger partial charge in [-0.15, -0.1) is 5.69 Å². The molecular formula is C16H16NZr. The molecule has 0 bridgehead atoms. The summed E-state index contributed by atoms with van der Waals surface area (Å²) in [5.74, 6) is 0. The van der Waals surface area contributed by atoms with Crippen LogP contribution in [0, 0.1) is 0 Å². The van der Waals surface area contributed by atoms with Crippen molar-refractivity contribution in [3.05, 3.63) is 96.7 Å². The van der Waals surface area contributed by atoms with Crippen molar-refractivity contribution in [2.75, 3.05) is 0 Å². The molecule has 0 saturated carbocycles. The molecule has 0 spiro atoms. The zero-order chi connectivity index (χ0) is 12.2. The van der Waals surface area contributed by atoms with E-state index in [2.05, 4.69) is 0 Å².